The van der Waals surface area contributed by atoms with Crippen LogP contribution in [0.3, 0.4) is 0 Å². The highest BCUT2D eigenvalue weighted by atomic mass is 32.2. The number of nitrogen functional groups attached to an aromatic ring is 1. The number of benzene rings is 1. The second-order valence-corrected chi connectivity index (χ2v) is 7.62. The van der Waals surface area contributed by atoms with Crippen LogP contribution < -0.4 is 10.5 Å². The van der Waals surface area contributed by atoms with E-state index in [0.717, 1.165) is 6.07 Å². The fourth-order valence-corrected chi connectivity index (χ4v) is 2.71. The van der Waals surface area contributed by atoms with Crippen molar-refractivity contribution in [1.29, 1.82) is 0 Å². The molecule has 0 aliphatic rings. The van der Waals surface area contributed by atoms with Crippen LogP contribution in [-0.4, -0.2) is 15.0 Å². The number of rotatable bonds is 4. The zero-order valence-corrected chi connectivity index (χ0v) is 12.6. The molecule has 0 fully saturated rings. The topological polar surface area (TPSA) is 72.2 Å². The highest BCUT2D eigenvalue weighted by Gasteiger charge is 2.18. The highest BCUT2D eigenvalue weighted by Crippen LogP contribution is 2.21. The molecule has 0 unspecified atom stereocenters. The number of hydrogen-bond acceptors (Lipinski definition) is 3. The third-order valence-electron chi connectivity index (χ3n) is 2.73. The van der Waals surface area contributed by atoms with E-state index in [2.05, 4.69) is 4.72 Å². The van der Waals surface area contributed by atoms with Crippen molar-refractivity contribution in [2.45, 2.75) is 39.0 Å². The third-order valence-corrected chi connectivity index (χ3v) is 4.17. The van der Waals surface area contributed by atoms with Gasteiger partial charge in [-0.2, -0.15) is 0 Å². The van der Waals surface area contributed by atoms with Crippen molar-refractivity contribution < 1.29 is 12.8 Å². The Hall–Kier alpha value is -1.14. The molecular weight excluding hydrogens is 267 g/mol. The summed E-state index contributed by atoms with van der Waals surface area (Å²) in [5, 5.41) is 0. The van der Waals surface area contributed by atoms with Gasteiger partial charge in [0.25, 0.3) is 0 Å². The van der Waals surface area contributed by atoms with E-state index in [0.29, 0.717) is 13.0 Å². The predicted octanol–water partition coefficient (Wildman–Crippen LogP) is 2.43. The standard InChI is InChI=1S/C13H21FN2O2S/c1-9-7-10(8-11(15)12(9)14)19(17,18)16-6-5-13(2,3)4/h7-8,16H,5-6,15H2,1-4H3. The number of anilines is 1. The molecule has 0 atom stereocenters. The lowest BCUT2D eigenvalue weighted by Crippen LogP contribution is -2.27. The van der Waals surface area contributed by atoms with Gasteiger partial charge in [-0.3, -0.25) is 0 Å². The van der Waals surface area contributed by atoms with Crippen LogP contribution in [0.2, 0.25) is 0 Å². The van der Waals surface area contributed by atoms with Crippen molar-refractivity contribution in [1.82, 2.24) is 4.72 Å². The molecule has 3 N–H and O–H groups in total. The van der Waals surface area contributed by atoms with Gasteiger partial charge >= 0.3 is 0 Å². The molecule has 0 bridgehead atoms. The van der Waals surface area contributed by atoms with Crippen LogP contribution in [0.4, 0.5) is 10.1 Å². The minimum Gasteiger partial charge on any atom is -0.396 e. The van der Waals surface area contributed by atoms with E-state index in [4.69, 9.17) is 5.73 Å². The Morgan fingerprint density at radius 2 is 1.89 bits per heavy atom. The first-order chi connectivity index (χ1) is 8.53. The maximum atomic E-state index is 13.4. The van der Waals surface area contributed by atoms with Crippen molar-refractivity contribution in [2.24, 2.45) is 5.41 Å². The van der Waals surface area contributed by atoms with Crippen LogP contribution in [-0.2, 0) is 10.0 Å². The normalized spacial score (nSPS) is 12.7. The Kier molecular flexibility index (Phi) is 4.58. The Labute approximate surface area is 114 Å². The van der Waals surface area contributed by atoms with Gasteiger partial charge in [-0.05, 0) is 36.5 Å². The van der Waals surface area contributed by atoms with Gasteiger partial charge in [0.2, 0.25) is 10.0 Å². The quantitative estimate of drug-likeness (QED) is 0.836. The van der Waals surface area contributed by atoms with E-state index in [1.807, 2.05) is 20.8 Å². The van der Waals surface area contributed by atoms with Gasteiger partial charge in [0, 0.05) is 6.54 Å². The van der Waals surface area contributed by atoms with Gasteiger partial charge in [-0.25, -0.2) is 17.5 Å². The maximum absolute atomic E-state index is 13.4. The van der Waals surface area contributed by atoms with E-state index in [-0.39, 0.29) is 21.6 Å². The number of nitrogens with one attached hydrogen (secondary N) is 1. The molecule has 0 heterocycles. The molecule has 0 saturated heterocycles. The van der Waals surface area contributed by atoms with E-state index in [1.54, 1.807) is 0 Å². The maximum Gasteiger partial charge on any atom is 0.240 e. The Morgan fingerprint density at radius 3 is 2.37 bits per heavy atom. The molecule has 0 aliphatic heterocycles. The summed E-state index contributed by atoms with van der Waals surface area (Å²) in [5.41, 5.74) is 5.55. The first-order valence-electron chi connectivity index (χ1n) is 6.08. The van der Waals surface area contributed by atoms with Crippen LogP contribution in [0, 0.1) is 18.2 Å². The fraction of sp³-hybridized carbons (Fsp3) is 0.538. The summed E-state index contributed by atoms with van der Waals surface area (Å²) in [6.45, 7) is 7.91. The summed E-state index contributed by atoms with van der Waals surface area (Å²) in [4.78, 5) is -0.00203. The zero-order chi connectivity index (χ0) is 14.8. The van der Waals surface area contributed by atoms with E-state index in [9.17, 15) is 12.8 Å². The van der Waals surface area contributed by atoms with Gasteiger partial charge in [0.15, 0.2) is 0 Å². The molecule has 19 heavy (non-hydrogen) atoms. The molecule has 6 heteroatoms. The average Bonchev–Trinajstić information content (AvgIpc) is 2.22. The summed E-state index contributed by atoms with van der Waals surface area (Å²) in [6.07, 6.45) is 0.710. The Bertz CT molecular complexity index is 539. The van der Waals surface area contributed by atoms with Crippen molar-refractivity contribution in [3.63, 3.8) is 0 Å². The van der Waals surface area contributed by atoms with Crippen molar-refractivity contribution in [2.75, 3.05) is 12.3 Å². The van der Waals surface area contributed by atoms with E-state index >= 15 is 0 Å². The van der Waals surface area contributed by atoms with Gasteiger partial charge < -0.3 is 5.73 Å². The third kappa shape index (κ3) is 4.47. The van der Waals surface area contributed by atoms with Crippen molar-refractivity contribution >= 4 is 15.7 Å². The number of sulfonamides is 1. The molecule has 0 amide bonds. The monoisotopic (exact) mass is 288 g/mol. The zero-order valence-electron chi connectivity index (χ0n) is 11.7. The summed E-state index contributed by atoms with van der Waals surface area (Å²) in [5.74, 6) is -0.575. The SMILES string of the molecule is Cc1cc(S(=O)(=O)NCCC(C)(C)C)cc(N)c1F. The summed E-state index contributed by atoms with van der Waals surface area (Å²) in [7, 11) is -3.64. The van der Waals surface area contributed by atoms with E-state index < -0.39 is 15.8 Å². The minimum absolute atomic E-state index is 0.00203. The summed E-state index contributed by atoms with van der Waals surface area (Å²) < 4.78 is 40.0. The first kappa shape index (κ1) is 15.9. The van der Waals surface area contributed by atoms with Gasteiger partial charge in [-0.15, -0.1) is 0 Å². The lowest BCUT2D eigenvalue weighted by atomic mass is 9.93. The molecule has 0 radical (unpaired) electrons. The molecule has 0 spiro atoms. The second kappa shape index (κ2) is 5.46. The number of hydrogen-bond donors (Lipinski definition) is 2. The van der Waals surface area contributed by atoms with Crippen LogP contribution in [0.15, 0.2) is 17.0 Å². The molecule has 108 valence electrons. The van der Waals surface area contributed by atoms with Gasteiger partial charge in [0.1, 0.15) is 5.82 Å². The van der Waals surface area contributed by atoms with Crippen LogP contribution in [0.25, 0.3) is 0 Å². The summed E-state index contributed by atoms with van der Waals surface area (Å²) >= 11 is 0. The molecule has 4 nitrogen and oxygen atoms in total. The molecule has 0 aromatic heterocycles. The van der Waals surface area contributed by atoms with Crippen LogP contribution >= 0.6 is 0 Å². The molecule has 0 aliphatic carbocycles. The molecule has 1 rings (SSSR count). The minimum atomic E-state index is -3.64. The second-order valence-electron chi connectivity index (χ2n) is 5.85. The van der Waals surface area contributed by atoms with E-state index in [1.165, 1.54) is 13.0 Å². The van der Waals surface area contributed by atoms with Crippen LogP contribution in [0.5, 0.6) is 0 Å². The largest absolute Gasteiger partial charge is 0.396 e. The molecule has 1 aromatic carbocycles. The number of nitrogens with two attached hydrogens (primary N) is 1. The lowest BCUT2D eigenvalue weighted by molar-refractivity contribution is 0.378. The fourth-order valence-electron chi connectivity index (χ4n) is 1.56. The van der Waals surface area contributed by atoms with Gasteiger partial charge in [0.05, 0.1) is 10.6 Å². The molecular formula is C13H21FN2O2S. The average molecular weight is 288 g/mol. The smallest absolute Gasteiger partial charge is 0.240 e. The lowest BCUT2D eigenvalue weighted by Gasteiger charge is -2.18. The highest BCUT2D eigenvalue weighted by molar-refractivity contribution is 7.89. The van der Waals surface area contributed by atoms with Crippen molar-refractivity contribution in [3.05, 3.63) is 23.5 Å². The first-order valence-corrected chi connectivity index (χ1v) is 7.56. The van der Waals surface area contributed by atoms with Gasteiger partial charge in [-0.1, -0.05) is 20.8 Å². The molecule has 1 aromatic rings. The van der Waals surface area contributed by atoms with Crippen LogP contribution in [0.1, 0.15) is 32.8 Å². The predicted molar refractivity (Wildman–Crippen MR) is 74.8 cm³/mol. The summed E-state index contributed by atoms with van der Waals surface area (Å²) in [6, 6.07) is 2.42. The number of aryl methyl sites for hydroxylation is 1. The Morgan fingerprint density at radius 1 is 1.32 bits per heavy atom. The number of halogens is 1. The molecule has 0 saturated carbocycles. The Balaban J connectivity index is 2.90. The van der Waals surface area contributed by atoms with Crippen molar-refractivity contribution in [3.8, 4) is 0 Å².